The summed E-state index contributed by atoms with van der Waals surface area (Å²) in [4.78, 5) is 0. The maximum atomic E-state index is 13.0. The van der Waals surface area contributed by atoms with E-state index in [9.17, 15) is 4.39 Å². The lowest BCUT2D eigenvalue weighted by atomic mass is 10.0. The second-order valence-corrected chi connectivity index (χ2v) is 4.74. The first kappa shape index (κ1) is 15.7. The number of hydrogen-bond donors (Lipinski definition) is 0. The number of hydrogen-bond acceptors (Lipinski definition) is 0. The van der Waals surface area contributed by atoms with Crippen LogP contribution in [0.15, 0.2) is 12.7 Å². The topological polar surface area (TPSA) is 0 Å². The Balaban J connectivity index is 3.00. The molecule has 0 aromatic carbocycles. The van der Waals surface area contributed by atoms with Crippen molar-refractivity contribution in [1.82, 2.24) is 0 Å². The van der Waals surface area contributed by atoms with Gasteiger partial charge in [-0.2, -0.15) is 0 Å². The van der Waals surface area contributed by atoms with Gasteiger partial charge in [0, 0.05) is 0 Å². The molecule has 96 valence electrons. The Kier molecular flexibility index (Phi) is 12.5. The number of alkyl halides is 1. The van der Waals surface area contributed by atoms with Crippen molar-refractivity contribution < 1.29 is 4.39 Å². The standard InChI is InChI=1S/C15H29F/c1-3-5-6-7-8-9-10-11-12-14-15(16)13-4-2/h4,15H,2-3,5-14H2,1H3. The zero-order chi connectivity index (χ0) is 12.1. The number of unbranched alkanes of at least 4 members (excludes halogenated alkanes) is 8. The molecule has 0 saturated carbocycles. The summed E-state index contributed by atoms with van der Waals surface area (Å²) in [6.45, 7) is 5.80. The summed E-state index contributed by atoms with van der Waals surface area (Å²) in [5, 5.41) is 0. The van der Waals surface area contributed by atoms with Crippen LogP contribution in [0.4, 0.5) is 4.39 Å². The van der Waals surface area contributed by atoms with Gasteiger partial charge in [0.2, 0.25) is 0 Å². The second kappa shape index (κ2) is 12.7. The molecule has 0 N–H and O–H groups in total. The van der Waals surface area contributed by atoms with Gasteiger partial charge in [-0.25, -0.2) is 4.39 Å². The Morgan fingerprint density at radius 3 is 1.94 bits per heavy atom. The number of rotatable bonds is 12. The van der Waals surface area contributed by atoms with Crippen molar-refractivity contribution >= 4 is 0 Å². The predicted octanol–water partition coefficient (Wildman–Crippen LogP) is 5.82. The summed E-state index contributed by atoms with van der Waals surface area (Å²) in [6.07, 6.45) is 14.0. The minimum absolute atomic E-state index is 0.525. The van der Waals surface area contributed by atoms with Crippen LogP contribution in [0.3, 0.4) is 0 Å². The van der Waals surface area contributed by atoms with Crippen molar-refractivity contribution in [3.05, 3.63) is 12.7 Å². The molecule has 0 spiro atoms. The molecule has 0 saturated heterocycles. The molecule has 16 heavy (non-hydrogen) atoms. The third-order valence-electron chi connectivity index (χ3n) is 3.04. The normalized spacial score (nSPS) is 12.6. The molecule has 0 fully saturated rings. The van der Waals surface area contributed by atoms with Crippen LogP contribution < -0.4 is 0 Å². The fourth-order valence-corrected chi connectivity index (χ4v) is 1.98. The van der Waals surface area contributed by atoms with E-state index < -0.39 is 6.17 Å². The zero-order valence-corrected chi connectivity index (χ0v) is 11.0. The van der Waals surface area contributed by atoms with E-state index >= 15 is 0 Å². The van der Waals surface area contributed by atoms with Gasteiger partial charge >= 0.3 is 0 Å². The molecule has 0 aliphatic heterocycles. The Hall–Kier alpha value is -0.330. The van der Waals surface area contributed by atoms with E-state index in [1.165, 1.54) is 51.4 Å². The van der Waals surface area contributed by atoms with Crippen LogP contribution in [0.1, 0.15) is 77.6 Å². The van der Waals surface area contributed by atoms with E-state index in [1.54, 1.807) is 6.08 Å². The molecule has 0 bridgehead atoms. The van der Waals surface area contributed by atoms with Crippen LogP contribution in [-0.4, -0.2) is 6.17 Å². The summed E-state index contributed by atoms with van der Waals surface area (Å²) in [5.41, 5.74) is 0. The van der Waals surface area contributed by atoms with Gasteiger partial charge in [-0.15, -0.1) is 6.58 Å². The van der Waals surface area contributed by atoms with E-state index in [1.807, 2.05) is 0 Å². The van der Waals surface area contributed by atoms with Gasteiger partial charge in [-0.1, -0.05) is 70.8 Å². The smallest absolute Gasteiger partial charge is 0.104 e. The maximum absolute atomic E-state index is 13.0. The molecule has 1 heteroatoms. The molecule has 0 nitrogen and oxygen atoms in total. The summed E-state index contributed by atoms with van der Waals surface area (Å²) in [5.74, 6) is 0. The fourth-order valence-electron chi connectivity index (χ4n) is 1.98. The van der Waals surface area contributed by atoms with Gasteiger partial charge in [0.1, 0.15) is 6.17 Å². The fraction of sp³-hybridized carbons (Fsp3) is 0.867. The van der Waals surface area contributed by atoms with E-state index in [0.29, 0.717) is 6.42 Å². The molecule has 0 amide bonds. The molecule has 0 aliphatic rings. The average molecular weight is 228 g/mol. The maximum Gasteiger partial charge on any atom is 0.104 e. The molecule has 1 unspecified atom stereocenters. The van der Waals surface area contributed by atoms with E-state index in [-0.39, 0.29) is 0 Å². The van der Waals surface area contributed by atoms with Gasteiger partial charge in [-0.3, -0.25) is 0 Å². The van der Waals surface area contributed by atoms with Crippen molar-refractivity contribution in [2.45, 2.75) is 83.7 Å². The minimum Gasteiger partial charge on any atom is -0.247 e. The van der Waals surface area contributed by atoms with Crippen LogP contribution in [0, 0.1) is 0 Å². The highest BCUT2D eigenvalue weighted by atomic mass is 19.1. The van der Waals surface area contributed by atoms with E-state index in [2.05, 4.69) is 13.5 Å². The lowest BCUT2D eigenvalue weighted by Gasteiger charge is -2.05. The quantitative estimate of drug-likeness (QED) is 0.291. The highest BCUT2D eigenvalue weighted by molar-refractivity contribution is 4.72. The summed E-state index contributed by atoms with van der Waals surface area (Å²) in [7, 11) is 0. The third kappa shape index (κ3) is 11.7. The van der Waals surface area contributed by atoms with Crippen molar-refractivity contribution in [1.29, 1.82) is 0 Å². The second-order valence-electron chi connectivity index (χ2n) is 4.74. The molecule has 0 heterocycles. The highest BCUT2D eigenvalue weighted by Crippen LogP contribution is 2.13. The summed E-state index contributed by atoms with van der Waals surface area (Å²) in [6, 6.07) is 0. The average Bonchev–Trinajstić information content (AvgIpc) is 2.27. The summed E-state index contributed by atoms with van der Waals surface area (Å²) >= 11 is 0. The highest BCUT2D eigenvalue weighted by Gasteiger charge is 2.02. The van der Waals surface area contributed by atoms with Crippen LogP contribution in [-0.2, 0) is 0 Å². The number of allylic oxidation sites excluding steroid dienone is 1. The Morgan fingerprint density at radius 2 is 1.44 bits per heavy atom. The predicted molar refractivity (Wildman–Crippen MR) is 71.6 cm³/mol. The molecule has 0 aromatic heterocycles. The van der Waals surface area contributed by atoms with Crippen molar-refractivity contribution in [2.24, 2.45) is 0 Å². The first-order valence-corrected chi connectivity index (χ1v) is 7.06. The lowest BCUT2D eigenvalue weighted by molar-refractivity contribution is 0.307. The van der Waals surface area contributed by atoms with Crippen LogP contribution >= 0.6 is 0 Å². The first-order valence-electron chi connectivity index (χ1n) is 7.06. The molecule has 0 radical (unpaired) electrons. The van der Waals surface area contributed by atoms with Crippen LogP contribution in [0.25, 0.3) is 0 Å². The van der Waals surface area contributed by atoms with Crippen LogP contribution in [0.2, 0.25) is 0 Å². The van der Waals surface area contributed by atoms with E-state index in [0.717, 1.165) is 12.8 Å². The largest absolute Gasteiger partial charge is 0.247 e. The van der Waals surface area contributed by atoms with Gasteiger partial charge < -0.3 is 0 Å². The molecule has 0 aliphatic carbocycles. The van der Waals surface area contributed by atoms with Crippen LogP contribution in [0.5, 0.6) is 0 Å². The molecular weight excluding hydrogens is 199 g/mol. The Morgan fingerprint density at radius 1 is 0.938 bits per heavy atom. The van der Waals surface area contributed by atoms with Gasteiger partial charge in [0.05, 0.1) is 0 Å². The minimum atomic E-state index is -0.651. The summed E-state index contributed by atoms with van der Waals surface area (Å²) < 4.78 is 13.0. The third-order valence-corrected chi connectivity index (χ3v) is 3.04. The van der Waals surface area contributed by atoms with Gasteiger partial charge in [0.15, 0.2) is 0 Å². The molecule has 0 rings (SSSR count). The molecule has 0 aromatic rings. The number of halogens is 1. The first-order chi connectivity index (χ1) is 7.81. The Bertz CT molecular complexity index is 142. The van der Waals surface area contributed by atoms with Gasteiger partial charge in [-0.05, 0) is 12.8 Å². The molecule has 1 atom stereocenters. The Labute approximate surface area is 101 Å². The van der Waals surface area contributed by atoms with Crippen molar-refractivity contribution in [3.8, 4) is 0 Å². The SMILES string of the molecule is C=CCC(F)CCCCCCCCCCC. The van der Waals surface area contributed by atoms with Crippen molar-refractivity contribution in [2.75, 3.05) is 0 Å². The zero-order valence-electron chi connectivity index (χ0n) is 11.0. The van der Waals surface area contributed by atoms with E-state index in [4.69, 9.17) is 0 Å². The van der Waals surface area contributed by atoms with Gasteiger partial charge in [0.25, 0.3) is 0 Å². The molecular formula is C15H29F. The van der Waals surface area contributed by atoms with Crippen molar-refractivity contribution in [3.63, 3.8) is 0 Å². The monoisotopic (exact) mass is 228 g/mol. The lowest BCUT2D eigenvalue weighted by Crippen LogP contribution is -1.97.